The van der Waals surface area contributed by atoms with Crippen LogP contribution in [0.2, 0.25) is 38.3 Å². The van der Waals surface area contributed by atoms with E-state index in [1.165, 1.54) is 111 Å². The normalized spacial score (nSPS) is 17.0. The van der Waals surface area contributed by atoms with Crippen molar-refractivity contribution in [3.63, 3.8) is 0 Å². The minimum Gasteiger partial charge on any atom is -0.507 e. The molecule has 1 aliphatic rings. The first-order chi connectivity index (χ1) is 27.1. The molecule has 60 heavy (non-hydrogen) atoms. The molecule has 1 fully saturated rings. The summed E-state index contributed by atoms with van der Waals surface area (Å²) in [5.41, 5.74) is 3.39. The molecule has 5 nitrogen and oxygen atoms in total. The first-order valence-electron chi connectivity index (χ1n) is 23.8. The van der Waals surface area contributed by atoms with Gasteiger partial charge in [0.15, 0.2) is 0 Å². The van der Waals surface area contributed by atoms with Crippen LogP contribution in [0.3, 0.4) is 0 Å². The Labute approximate surface area is 375 Å². The lowest BCUT2D eigenvalue weighted by Crippen LogP contribution is -2.51. The number of unbranched alkanes of at least 4 members (excludes halogenated alkanes) is 4. The summed E-state index contributed by atoms with van der Waals surface area (Å²) in [6.07, 6.45) is 19.7. The highest BCUT2D eigenvalue weighted by molar-refractivity contribution is 6.90. The largest absolute Gasteiger partial charge is 0.507 e. The Bertz CT molecular complexity index is 1610. The molecule has 1 saturated carbocycles. The summed E-state index contributed by atoms with van der Waals surface area (Å²) in [6.45, 7) is 37.8. The van der Waals surface area contributed by atoms with Gasteiger partial charge >= 0.3 is 0 Å². The van der Waals surface area contributed by atoms with Gasteiger partial charge in [0, 0.05) is 23.6 Å². The van der Waals surface area contributed by atoms with Crippen molar-refractivity contribution in [3.05, 3.63) is 61.4 Å². The van der Waals surface area contributed by atoms with Crippen LogP contribution in [0.5, 0.6) is 11.5 Å². The Morgan fingerprint density at radius 2 is 0.900 bits per heavy atom. The Morgan fingerprint density at radius 3 is 1.23 bits per heavy atom. The molecular formula is C53H96N3O2Si2-. The highest BCUT2D eigenvalue weighted by Crippen LogP contribution is 2.35. The average molecular weight is 864 g/mol. The van der Waals surface area contributed by atoms with Crippen molar-refractivity contribution in [2.24, 2.45) is 9.98 Å². The third-order valence-electron chi connectivity index (χ3n) is 13.5. The molecule has 0 spiro atoms. The van der Waals surface area contributed by atoms with E-state index in [0.717, 1.165) is 47.9 Å². The van der Waals surface area contributed by atoms with Gasteiger partial charge in [0.1, 0.15) is 11.5 Å². The van der Waals surface area contributed by atoms with E-state index in [1.807, 2.05) is 12.4 Å². The number of quaternary nitrogens is 1. The van der Waals surface area contributed by atoms with Crippen molar-refractivity contribution < 1.29 is 14.7 Å². The van der Waals surface area contributed by atoms with Crippen LogP contribution in [0.15, 0.2) is 34.3 Å². The number of phenolic OH excluding ortho intramolecular Hbond substituents is 2. The lowest BCUT2D eigenvalue weighted by Gasteiger charge is -2.40. The van der Waals surface area contributed by atoms with Crippen LogP contribution in [0.1, 0.15) is 175 Å². The molecule has 0 bridgehead atoms. The molecule has 344 valence electrons. The van der Waals surface area contributed by atoms with Crippen LogP contribution in [0.25, 0.3) is 0 Å². The zero-order valence-electron chi connectivity index (χ0n) is 42.3. The fraction of sp³-hybridized carbons (Fsp3) is 0.698. The molecule has 2 aromatic rings. The number of benzene rings is 2. The Morgan fingerprint density at radius 1 is 0.567 bits per heavy atom. The molecule has 2 atom stereocenters. The molecule has 0 saturated heterocycles. The number of phenols is 2. The molecule has 1 aliphatic carbocycles. The summed E-state index contributed by atoms with van der Waals surface area (Å²) in [5.74, 6) is 0.744. The Hall–Kier alpha value is -2.23. The van der Waals surface area contributed by atoms with E-state index in [-0.39, 0.29) is 37.8 Å². The SMILES string of the molecule is CCCC[N+](CCCC)(CCCC)CCC[Si](C)(C)c1cc(C=NC2CCCCC2N=Cc2cc([Si](C)(C)CCCC)cc(C(C)(C)C)c2O)c(O)c(C(C)(C)C)c1.[CH3-].[CH3-]. The number of hydrogen-bond acceptors (Lipinski definition) is 4. The number of aromatic hydroxyl groups is 2. The first kappa shape index (κ1) is 55.8. The monoisotopic (exact) mass is 863 g/mol. The zero-order chi connectivity index (χ0) is 43.4. The summed E-state index contributed by atoms with van der Waals surface area (Å²) >= 11 is 0. The maximum absolute atomic E-state index is 11.8. The lowest BCUT2D eigenvalue weighted by molar-refractivity contribution is -0.928. The van der Waals surface area contributed by atoms with Gasteiger partial charge < -0.3 is 29.5 Å². The molecule has 2 unspecified atom stereocenters. The number of nitrogens with zero attached hydrogens (tertiary/aromatic N) is 3. The van der Waals surface area contributed by atoms with Crippen molar-refractivity contribution in [1.82, 2.24) is 0 Å². The van der Waals surface area contributed by atoms with Crippen molar-refractivity contribution >= 4 is 39.0 Å². The molecule has 0 aliphatic heterocycles. The topological polar surface area (TPSA) is 65.2 Å². The molecule has 0 amide bonds. The van der Waals surface area contributed by atoms with Crippen LogP contribution in [-0.2, 0) is 10.8 Å². The predicted molar refractivity (Wildman–Crippen MR) is 275 cm³/mol. The van der Waals surface area contributed by atoms with Crippen LogP contribution in [-0.4, -0.2) is 81.5 Å². The quantitative estimate of drug-likeness (QED) is 0.0536. The van der Waals surface area contributed by atoms with Gasteiger partial charge in [-0.05, 0) is 66.5 Å². The minimum absolute atomic E-state index is 0. The summed E-state index contributed by atoms with van der Waals surface area (Å²) in [5, 5.41) is 26.3. The molecule has 7 heteroatoms. The third kappa shape index (κ3) is 15.8. The molecule has 2 aromatic carbocycles. The van der Waals surface area contributed by atoms with E-state index in [2.05, 4.69) is 120 Å². The van der Waals surface area contributed by atoms with Gasteiger partial charge in [-0.15, -0.1) is 0 Å². The zero-order valence-corrected chi connectivity index (χ0v) is 44.3. The standard InChI is InChI=1S/C51H89N3O2Si2.2CH3/c1-15-19-28-54(29-20-16-2,30-21-17-3)31-25-33-58(13,14)43-35-41(49(56)45(37-43)51(8,9)10)39-53-47-27-24-23-26-46(47)52-38-40-34-42(57(11,12)32-22-18-4)36-44(48(40)55)50(5,6)7;;/h34-39,46-47H,15-33H2,1-14H3,(H-,52,53,55,56);2*1H3/q;2*-1/p+1. The van der Waals surface area contributed by atoms with E-state index in [0.29, 0.717) is 11.5 Å². The predicted octanol–water partition coefficient (Wildman–Crippen LogP) is 13.7. The molecule has 2 N–H and O–H groups in total. The Balaban J connectivity index is 0.00000900. The van der Waals surface area contributed by atoms with Gasteiger partial charge in [-0.2, -0.15) is 0 Å². The summed E-state index contributed by atoms with van der Waals surface area (Å²) in [4.78, 5) is 10.5. The smallest absolute Gasteiger partial charge is 0.128 e. The minimum atomic E-state index is -1.85. The Kier molecular flexibility index (Phi) is 22.9. The second-order valence-electron chi connectivity index (χ2n) is 21.7. The third-order valence-corrected chi connectivity index (χ3v) is 20.4. The summed E-state index contributed by atoms with van der Waals surface area (Å²) < 4.78 is 1.30. The second-order valence-corrected chi connectivity index (χ2v) is 31.4. The lowest BCUT2D eigenvalue weighted by atomic mass is 9.85. The van der Waals surface area contributed by atoms with E-state index in [4.69, 9.17) is 9.98 Å². The van der Waals surface area contributed by atoms with Gasteiger partial charge in [-0.1, -0.05) is 181 Å². The van der Waals surface area contributed by atoms with Crippen molar-refractivity contribution in [3.8, 4) is 11.5 Å². The van der Waals surface area contributed by atoms with Gasteiger partial charge in [0.25, 0.3) is 0 Å². The summed E-state index contributed by atoms with van der Waals surface area (Å²) in [7, 11) is -3.54. The first-order valence-corrected chi connectivity index (χ1v) is 30.2. The van der Waals surface area contributed by atoms with Gasteiger partial charge in [0.05, 0.1) is 54.4 Å². The highest BCUT2D eigenvalue weighted by Gasteiger charge is 2.33. The average Bonchev–Trinajstić information content (AvgIpc) is 3.15. The molecule has 3 rings (SSSR count). The van der Waals surface area contributed by atoms with Crippen LogP contribution < -0.4 is 10.4 Å². The van der Waals surface area contributed by atoms with Gasteiger partial charge in [-0.25, -0.2) is 0 Å². The van der Waals surface area contributed by atoms with Crippen LogP contribution in [0, 0.1) is 14.9 Å². The maximum atomic E-state index is 11.8. The van der Waals surface area contributed by atoms with E-state index < -0.39 is 16.1 Å². The summed E-state index contributed by atoms with van der Waals surface area (Å²) in [6, 6.07) is 11.7. The van der Waals surface area contributed by atoms with Gasteiger partial charge in [-0.3, -0.25) is 9.98 Å². The number of hydrogen-bond donors (Lipinski definition) is 2. The molecule has 0 heterocycles. The molecule has 0 aromatic heterocycles. The second kappa shape index (κ2) is 24.6. The van der Waals surface area contributed by atoms with Gasteiger partial charge in [0.2, 0.25) is 0 Å². The maximum Gasteiger partial charge on any atom is 0.128 e. The van der Waals surface area contributed by atoms with E-state index >= 15 is 0 Å². The van der Waals surface area contributed by atoms with Crippen molar-refractivity contribution in [2.45, 2.75) is 214 Å². The van der Waals surface area contributed by atoms with Crippen molar-refractivity contribution in [1.29, 1.82) is 0 Å². The van der Waals surface area contributed by atoms with E-state index in [1.54, 1.807) is 0 Å². The number of aliphatic imine (C=N–C) groups is 2. The fourth-order valence-corrected chi connectivity index (χ4v) is 14.2. The van der Waals surface area contributed by atoms with Crippen molar-refractivity contribution in [2.75, 3.05) is 26.2 Å². The number of rotatable bonds is 22. The highest BCUT2D eigenvalue weighted by atomic mass is 28.3. The molecule has 0 radical (unpaired) electrons. The molecular weight excluding hydrogens is 767 g/mol. The fourth-order valence-electron chi connectivity index (χ4n) is 9.14. The van der Waals surface area contributed by atoms with Crippen LogP contribution in [0.4, 0.5) is 0 Å². The van der Waals surface area contributed by atoms with E-state index in [9.17, 15) is 10.2 Å². The van der Waals surface area contributed by atoms with Crippen LogP contribution >= 0.6 is 0 Å².